The molecule has 7 heteroatoms. The van der Waals surface area contributed by atoms with Crippen molar-refractivity contribution in [3.8, 4) is 0 Å². The molecule has 0 aromatic carbocycles. The third-order valence-electron chi connectivity index (χ3n) is 2.93. The van der Waals surface area contributed by atoms with E-state index < -0.39 is 0 Å². The Kier molecular flexibility index (Phi) is 4.00. The number of nitrogens with zero attached hydrogens (tertiary/aromatic N) is 4. The normalized spacial score (nSPS) is 16.6. The summed E-state index contributed by atoms with van der Waals surface area (Å²) in [6, 6.07) is 1.67. The minimum atomic E-state index is 0.117. The van der Waals surface area contributed by atoms with Gasteiger partial charge in [-0.3, -0.25) is 4.79 Å². The van der Waals surface area contributed by atoms with Crippen LogP contribution in [0.25, 0.3) is 0 Å². The molecule has 0 spiro atoms. The minimum absolute atomic E-state index is 0.117. The van der Waals surface area contributed by atoms with Crippen molar-refractivity contribution in [1.82, 2.24) is 14.9 Å². The molecule has 1 saturated heterocycles. The summed E-state index contributed by atoms with van der Waals surface area (Å²) in [6.45, 7) is 4.65. The summed E-state index contributed by atoms with van der Waals surface area (Å²) in [6.07, 6.45) is 0.912. The number of aromatic nitrogens is 2. The first kappa shape index (κ1) is 13.1. The monoisotopic (exact) mass is 313 g/mol. The fourth-order valence-electron chi connectivity index (χ4n) is 2.00. The maximum atomic E-state index is 11.4. The Morgan fingerprint density at radius 1 is 1.33 bits per heavy atom. The molecule has 1 fully saturated rings. The van der Waals surface area contributed by atoms with Crippen LogP contribution in [0.3, 0.4) is 0 Å². The number of rotatable bonds is 1. The van der Waals surface area contributed by atoms with E-state index in [9.17, 15) is 4.79 Å². The SMILES string of the molecule is CC(=O)N1CCCN(c2nc(N)cc(Br)n2)CC1. The number of nitrogen functional groups attached to an aromatic ring is 1. The topological polar surface area (TPSA) is 75.4 Å². The Morgan fingerprint density at radius 3 is 2.78 bits per heavy atom. The van der Waals surface area contributed by atoms with Gasteiger partial charge in [0.1, 0.15) is 10.4 Å². The van der Waals surface area contributed by atoms with E-state index in [1.54, 1.807) is 13.0 Å². The van der Waals surface area contributed by atoms with Crippen LogP contribution >= 0.6 is 15.9 Å². The molecular weight excluding hydrogens is 298 g/mol. The predicted octanol–water partition coefficient (Wildman–Crippen LogP) is 0.880. The zero-order valence-electron chi connectivity index (χ0n) is 10.3. The van der Waals surface area contributed by atoms with Crippen molar-refractivity contribution in [3.63, 3.8) is 0 Å². The zero-order valence-corrected chi connectivity index (χ0v) is 11.9. The van der Waals surface area contributed by atoms with Gasteiger partial charge in [0.05, 0.1) is 0 Å². The average Bonchev–Trinajstić information content (AvgIpc) is 2.52. The average molecular weight is 314 g/mol. The maximum Gasteiger partial charge on any atom is 0.228 e. The third kappa shape index (κ3) is 3.10. The van der Waals surface area contributed by atoms with Crippen LogP contribution in [0.15, 0.2) is 10.7 Å². The quantitative estimate of drug-likeness (QED) is 0.779. The van der Waals surface area contributed by atoms with Crippen LogP contribution in [0.1, 0.15) is 13.3 Å². The molecule has 1 aliphatic rings. The summed E-state index contributed by atoms with van der Waals surface area (Å²) >= 11 is 3.31. The summed E-state index contributed by atoms with van der Waals surface area (Å²) in [5, 5.41) is 0. The highest BCUT2D eigenvalue weighted by atomic mass is 79.9. The Morgan fingerprint density at radius 2 is 2.11 bits per heavy atom. The van der Waals surface area contributed by atoms with Gasteiger partial charge >= 0.3 is 0 Å². The van der Waals surface area contributed by atoms with Gasteiger partial charge in [0.15, 0.2) is 0 Å². The standard InChI is InChI=1S/C11H16BrN5O/c1-8(18)16-3-2-4-17(6-5-16)11-14-9(12)7-10(13)15-11/h7H,2-6H2,1H3,(H2,13,14,15). The van der Waals surface area contributed by atoms with Crippen molar-refractivity contribution in [1.29, 1.82) is 0 Å². The van der Waals surface area contributed by atoms with E-state index in [1.165, 1.54) is 0 Å². The number of hydrogen-bond acceptors (Lipinski definition) is 5. The van der Waals surface area contributed by atoms with Crippen LogP contribution in [0.2, 0.25) is 0 Å². The van der Waals surface area contributed by atoms with Crippen LogP contribution in [0, 0.1) is 0 Å². The fourth-order valence-corrected chi connectivity index (χ4v) is 2.39. The van der Waals surface area contributed by atoms with Gasteiger partial charge in [-0.1, -0.05) is 0 Å². The summed E-state index contributed by atoms with van der Waals surface area (Å²) < 4.78 is 0.678. The van der Waals surface area contributed by atoms with Crippen molar-refractivity contribution in [2.24, 2.45) is 0 Å². The van der Waals surface area contributed by atoms with Gasteiger partial charge in [-0.2, -0.15) is 4.98 Å². The number of carbonyl (C=O) groups excluding carboxylic acids is 1. The Bertz CT molecular complexity index is 433. The van der Waals surface area contributed by atoms with Gasteiger partial charge in [0.25, 0.3) is 0 Å². The molecule has 0 unspecified atom stereocenters. The fraction of sp³-hybridized carbons (Fsp3) is 0.545. The lowest BCUT2D eigenvalue weighted by atomic mass is 10.4. The molecule has 0 aliphatic carbocycles. The molecule has 0 bridgehead atoms. The first-order valence-electron chi connectivity index (χ1n) is 5.87. The van der Waals surface area contributed by atoms with Crippen molar-refractivity contribution >= 4 is 33.6 Å². The molecular formula is C11H16BrN5O. The Hall–Kier alpha value is -1.37. The van der Waals surface area contributed by atoms with Crippen LogP contribution in [-0.4, -0.2) is 47.0 Å². The van der Waals surface area contributed by atoms with Crippen molar-refractivity contribution < 1.29 is 4.79 Å². The van der Waals surface area contributed by atoms with E-state index in [0.717, 1.165) is 26.1 Å². The van der Waals surface area contributed by atoms with Gasteiger partial charge in [0, 0.05) is 39.2 Å². The number of halogens is 1. The van der Waals surface area contributed by atoms with E-state index in [1.807, 2.05) is 4.90 Å². The lowest BCUT2D eigenvalue weighted by molar-refractivity contribution is -0.128. The first-order chi connectivity index (χ1) is 8.56. The van der Waals surface area contributed by atoms with Crippen LogP contribution in [0.5, 0.6) is 0 Å². The van der Waals surface area contributed by atoms with Gasteiger partial charge in [-0.15, -0.1) is 0 Å². The van der Waals surface area contributed by atoms with Crippen molar-refractivity contribution in [3.05, 3.63) is 10.7 Å². The summed E-state index contributed by atoms with van der Waals surface area (Å²) in [4.78, 5) is 23.8. The molecule has 2 N–H and O–H groups in total. The molecule has 1 aromatic heterocycles. The Balaban J connectivity index is 2.12. The van der Waals surface area contributed by atoms with Crippen LogP contribution in [0.4, 0.5) is 11.8 Å². The van der Waals surface area contributed by atoms with E-state index >= 15 is 0 Å². The molecule has 18 heavy (non-hydrogen) atoms. The number of hydrogen-bond donors (Lipinski definition) is 1. The molecule has 6 nitrogen and oxygen atoms in total. The second kappa shape index (κ2) is 5.51. The zero-order chi connectivity index (χ0) is 13.1. The highest BCUT2D eigenvalue weighted by Gasteiger charge is 2.18. The third-order valence-corrected chi connectivity index (χ3v) is 3.33. The highest BCUT2D eigenvalue weighted by molar-refractivity contribution is 9.10. The largest absolute Gasteiger partial charge is 0.383 e. The number of anilines is 2. The van der Waals surface area contributed by atoms with E-state index in [2.05, 4.69) is 30.8 Å². The molecule has 0 saturated carbocycles. The highest BCUT2D eigenvalue weighted by Crippen LogP contribution is 2.17. The summed E-state index contributed by atoms with van der Waals surface area (Å²) in [5.74, 6) is 1.18. The molecule has 98 valence electrons. The van der Waals surface area contributed by atoms with Gasteiger partial charge < -0.3 is 15.5 Å². The molecule has 0 radical (unpaired) electrons. The second-order valence-electron chi connectivity index (χ2n) is 4.26. The lowest BCUT2D eigenvalue weighted by Crippen LogP contribution is -2.34. The van der Waals surface area contributed by atoms with Crippen molar-refractivity contribution in [2.45, 2.75) is 13.3 Å². The number of amides is 1. The van der Waals surface area contributed by atoms with Gasteiger partial charge in [0.2, 0.25) is 11.9 Å². The first-order valence-corrected chi connectivity index (χ1v) is 6.66. The van der Waals surface area contributed by atoms with Gasteiger partial charge in [-0.05, 0) is 22.4 Å². The van der Waals surface area contributed by atoms with E-state index in [4.69, 9.17) is 5.73 Å². The van der Waals surface area contributed by atoms with Crippen molar-refractivity contribution in [2.75, 3.05) is 36.8 Å². The Labute approximate surface area is 114 Å². The second-order valence-corrected chi connectivity index (χ2v) is 5.07. The minimum Gasteiger partial charge on any atom is -0.383 e. The molecule has 0 atom stereocenters. The maximum absolute atomic E-state index is 11.4. The lowest BCUT2D eigenvalue weighted by Gasteiger charge is -2.21. The molecule has 2 heterocycles. The van der Waals surface area contributed by atoms with E-state index in [0.29, 0.717) is 22.9 Å². The number of carbonyl (C=O) groups is 1. The van der Waals surface area contributed by atoms with Gasteiger partial charge in [-0.25, -0.2) is 4.98 Å². The number of nitrogens with two attached hydrogens (primary N) is 1. The molecule has 1 aliphatic heterocycles. The molecule has 2 rings (SSSR count). The summed E-state index contributed by atoms with van der Waals surface area (Å²) in [7, 11) is 0. The molecule has 1 aromatic rings. The van der Waals surface area contributed by atoms with Crippen LogP contribution in [-0.2, 0) is 4.79 Å². The predicted molar refractivity (Wildman–Crippen MR) is 73.2 cm³/mol. The smallest absolute Gasteiger partial charge is 0.228 e. The van der Waals surface area contributed by atoms with E-state index in [-0.39, 0.29) is 5.91 Å². The van der Waals surface area contributed by atoms with Crippen LogP contribution < -0.4 is 10.6 Å². The molecule has 1 amide bonds. The summed E-state index contributed by atoms with van der Waals surface area (Å²) in [5.41, 5.74) is 5.71.